The maximum atomic E-state index is 14.1. The summed E-state index contributed by atoms with van der Waals surface area (Å²) >= 11 is 0. The third-order valence-electron chi connectivity index (χ3n) is 4.45. The van der Waals surface area contributed by atoms with Gasteiger partial charge in [-0.2, -0.15) is 13.2 Å². The first-order chi connectivity index (χ1) is 11.7. The van der Waals surface area contributed by atoms with Crippen LogP contribution in [-0.2, 0) is 9.53 Å². The third kappa shape index (κ3) is 3.46. The van der Waals surface area contributed by atoms with Crippen molar-refractivity contribution >= 4 is 17.4 Å². The number of benzene rings is 1. The number of amides is 1. The van der Waals surface area contributed by atoms with Crippen LogP contribution >= 0.6 is 0 Å². The van der Waals surface area contributed by atoms with Gasteiger partial charge in [-0.1, -0.05) is 0 Å². The summed E-state index contributed by atoms with van der Waals surface area (Å²) in [5.41, 5.74) is 3.57. The Kier molecular flexibility index (Phi) is 4.44. The molecule has 3 rings (SSSR count). The number of anilines is 1. The van der Waals surface area contributed by atoms with Crippen LogP contribution in [0, 0.1) is 11.2 Å². The van der Waals surface area contributed by atoms with Gasteiger partial charge in [0, 0.05) is 17.9 Å². The summed E-state index contributed by atoms with van der Waals surface area (Å²) < 4.78 is 58.4. The quantitative estimate of drug-likeness (QED) is 0.815. The number of hydrogen-bond acceptors (Lipinski definition) is 4. The van der Waals surface area contributed by atoms with Gasteiger partial charge in [0.05, 0.1) is 6.04 Å². The topological polar surface area (TPSA) is 76.7 Å². The first kappa shape index (κ1) is 17.7. The van der Waals surface area contributed by atoms with E-state index in [1.807, 2.05) is 0 Å². The van der Waals surface area contributed by atoms with Crippen molar-refractivity contribution in [2.75, 3.05) is 18.5 Å². The lowest BCUT2D eigenvalue weighted by Gasteiger charge is -2.19. The van der Waals surface area contributed by atoms with Gasteiger partial charge in [-0.3, -0.25) is 9.79 Å². The van der Waals surface area contributed by atoms with Gasteiger partial charge in [-0.25, -0.2) is 4.39 Å². The molecule has 3 N–H and O–H groups in total. The Bertz CT molecular complexity index is 714. The number of rotatable bonds is 3. The fourth-order valence-electron chi connectivity index (χ4n) is 2.79. The van der Waals surface area contributed by atoms with E-state index < -0.39 is 29.4 Å². The Labute approximate surface area is 141 Å². The predicted octanol–water partition coefficient (Wildman–Crippen LogP) is 2.93. The Balaban J connectivity index is 1.83. The lowest BCUT2D eigenvalue weighted by molar-refractivity contribution is -0.189. The van der Waals surface area contributed by atoms with Gasteiger partial charge >= 0.3 is 6.18 Å². The highest BCUT2D eigenvalue weighted by atomic mass is 19.4. The summed E-state index contributed by atoms with van der Waals surface area (Å²) in [7, 11) is 0. The van der Waals surface area contributed by atoms with Crippen LogP contribution in [0.25, 0.3) is 0 Å². The molecular formula is C16H17F4N3O2. The summed E-state index contributed by atoms with van der Waals surface area (Å²) in [5, 5.41) is 2.25. The lowest BCUT2D eigenvalue weighted by Crippen LogP contribution is -2.37. The molecule has 0 saturated heterocycles. The molecule has 136 valence electrons. The van der Waals surface area contributed by atoms with Crippen LogP contribution in [0.1, 0.15) is 30.9 Å². The molecule has 1 unspecified atom stereocenters. The Morgan fingerprint density at radius 3 is 2.72 bits per heavy atom. The van der Waals surface area contributed by atoms with Crippen molar-refractivity contribution in [1.82, 2.24) is 0 Å². The zero-order chi connectivity index (χ0) is 18.2. The van der Waals surface area contributed by atoms with Crippen molar-refractivity contribution in [1.29, 1.82) is 0 Å². The molecular weight excluding hydrogens is 342 g/mol. The van der Waals surface area contributed by atoms with Crippen LogP contribution in [0.5, 0.6) is 0 Å². The number of halogens is 4. The summed E-state index contributed by atoms with van der Waals surface area (Å²) in [6.07, 6.45) is -4.70. The zero-order valence-electron chi connectivity index (χ0n) is 13.2. The lowest BCUT2D eigenvalue weighted by atomic mass is 10.0. The number of aliphatic imine (C=N–C) groups is 1. The van der Waals surface area contributed by atoms with Gasteiger partial charge in [0.25, 0.3) is 0 Å². The zero-order valence-corrected chi connectivity index (χ0v) is 13.2. The Morgan fingerprint density at radius 1 is 1.36 bits per heavy atom. The molecule has 2 aliphatic rings. The minimum atomic E-state index is -4.60. The summed E-state index contributed by atoms with van der Waals surface area (Å²) in [4.78, 5) is 16.2. The fraction of sp³-hybridized carbons (Fsp3) is 0.500. The van der Waals surface area contributed by atoms with Crippen LogP contribution in [0.2, 0.25) is 0 Å². The standard InChI is InChI=1S/C16H17F4N3O2/c17-11-2-1-9(22-14(24)15(4-5-15)16(18,19)20)7-10(11)12-3-6-25-8-13(21)23-12/h1-2,7,12H,3-6,8H2,(H2,21,23)(H,22,24). The van der Waals surface area contributed by atoms with Gasteiger partial charge in [0.2, 0.25) is 5.91 Å². The van der Waals surface area contributed by atoms with E-state index in [0.717, 1.165) is 6.07 Å². The van der Waals surface area contributed by atoms with E-state index >= 15 is 0 Å². The molecule has 1 aliphatic heterocycles. The first-order valence-corrected chi connectivity index (χ1v) is 7.80. The van der Waals surface area contributed by atoms with Gasteiger partial charge in [0.15, 0.2) is 0 Å². The van der Waals surface area contributed by atoms with Crippen molar-refractivity contribution < 1.29 is 27.1 Å². The molecule has 5 nitrogen and oxygen atoms in total. The number of ether oxygens (including phenoxy) is 1. The highest BCUT2D eigenvalue weighted by Gasteiger charge is 2.68. The van der Waals surface area contributed by atoms with Crippen molar-refractivity contribution in [2.45, 2.75) is 31.5 Å². The molecule has 1 atom stereocenters. The summed E-state index contributed by atoms with van der Waals surface area (Å²) in [6, 6.07) is 3.00. The van der Waals surface area contributed by atoms with Crippen molar-refractivity contribution in [2.24, 2.45) is 16.1 Å². The molecule has 1 aromatic rings. The van der Waals surface area contributed by atoms with E-state index in [1.54, 1.807) is 0 Å². The van der Waals surface area contributed by atoms with E-state index in [-0.39, 0.29) is 36.5 Å². The molecule has 25 heavy (non-hydrogen) atoms. The van der Waals surface area contributed by atoms with Crippen LogP contribution in [0.4, 0.5) is 23.2 Å². The van der Waals surface area contributed by atoms with E-state index in [2.05, 4.69) is 10.3 Å². The monoisotopic (exact) mass is 359 g/mol. The molecule has 1 aromatic carbocycles. The van der Waals surface area contributed by atoms with Gasteiger partial charge in [-0.05, 0) is 37.5 Å². The highest BCUT2D eigenvalue weighted by Crippen LogP contribution is 2.58. The van der Waals surface area contributed by atoms with Crippen LogP contribution in [-0.4, -0.2) is 31.1 Å². The number of carbonyl (C=O) groups is 1. The number of amidine groups is 1. The second-order valence-electron chi connectivity index (χ2n) is 6.25. The second-order valence-corrected chi connectivity index (χ2v) is 6.25. The smallest absolute Gasteiger partial charge is 0.386 e. The second kappa shape index (κ2) is 6.29. The number of nitrogens with one attached hydrogen (secondary N) is 1. The molecule has 0 bridgehead atoms. The first-order valence-electron chi connectivity index (χ1n) is 7.80. The molecule has 1 fully saturated rings. The largest absolute Gasteiger partial charge is 0.403 e. The Morgan fingerprint density at radius 2 is 2.08 bits per heavy atom. The number of alkyl halides is 3. The SMILES string of the molecule is NC1=NC(c2cc(NC(=O)C3(C(F)(F)F)CC3)ccc2F)CCOC1. The molecule has 1 saturated carbocycles. The molecule has 1 aliphatic carbocycles. The van der Waals surface area contributed by atoms with Gasteiger partial charge in [0.1, 0.15) is 23.7 Å². The average molecular weight is 359 g/mol. The van der Waals surface area contributed by atoms with E-state index in [1.165, 1.54) is 12.1 Å². The third-order valence-corrected chi connectivity index (χ3v) is 4.45. The highest BCUT2D eigenvalue weighted by molar-refractivity contribution is 5.97. The van der Waals surface area contributed by atoms with Crippen LogP contribution < -0.4 is 11.1 Å². The maximum Gasteiger partial charge on any atom is 0.403 e. The fourth-order valence-corrected chi connectivity index (χ4v) is 2.79. The minimum absolute atomic E-state index is 0.0934. The number of hydrogen-bond donors (Lipinski definition) is 2. The summed E-state index contributed by atoms with van der Waals surface area (Å²) in [6.45, 7) is 0.463. The van der Waals surface area contributed by atoms with Crippen LogP contribution in [0.3, 0.4) is 0 Å². The molecule has 1 amide bonds. The van der Waals surface area contributed by atoms with Gasteiger partial charge in [-0.15, -0.1) is 0 Å². The van der Waals surface area contributed by atoms with Crippen molar-refractivity contribution in [3.8, 4) is 0 Å². The summed E-state index contributed by atoms with van der Waals surface area (Å²) in [5.74, 6) is -1.48. The molecule has 0 spiro atoms. The average Bonchev–Trinajstić information content (AvgIpc) is 3.34. The Hall–Kier alpha value is -2.16. The molecule has 0 radical (unpaired) electrons. The maximum absolute atomic E-state index is 14.1. The van der Waals surface area contributed by atoms with E-state index in [4.69, 9.17) is 10.5 Å². The van der Waals surface area contributed by atoms with Gasteiger partial charge < -0.3 is 15.8 Å². The predicted molar refractivity (Wildman–Crippen MR) is 82.6 cm³/mol. The molecule has 0 aromatic heterocycles. The minimum Gasteiger partial charge on any atom is -0.386 e. The van der Waals surface area contributed by atoms with Crippen molar-refractivity contribution in [3.05, 3.63) is 29.6 Å². The number of nitrogens with two attached hydrogens (primary N) is 1. The normalized spacial score (nSPS) is 22.7. The van der Waals surface area contributed by atoms with Crippen LogP contribution in [0.15, 0.2) is 23.2 Å². The molecule has 9 heteroatoms. The molecule has 1 heterocycles. The van der Waals surface area contributed by atoms with E-state index in [9.17, 15) is 22.4 Å². The number of nitrogens with zero attached hydrogens (tertiary/aromatic N) is 1. The van der Waals surface area contributed by atoms with E-state index in [0.29, 0.717) is 13.0 Å². The number of carbonyl (C=O) groups excluding carboxylic acids is 1. The van der Waals surface area contributed by atoms with Crippen molar-refractivity contribution in [3.63, 3.8) is 0 Å².